The van der Waals surface area contributed by atoms with Crippen LogP contribution in [0.15, 0.2) is 24.3 Å². The van der Waals surface area contributed by atoms with Crippen LogP contribution in [0, 0.1) is 0 Å². The molecule has 3 nitrogen and oxygen atoms in total. The molecule has 2 aliphatic rings. The Morgan fingerprint density at radius 1 is 1.06 bits per heavy atom. The third-order valence-corrected chi connectivity index (χ3v) is 4.22. The zero-order valence-corrected chi connectivity index (χ0v) is 10.8. The predicted octanol–water partition coefficient (Wildman–Crippen LogP) is 1.51. The highest BCUT2D eigenvalue weighted by Crippen LogP contribution is 2.21. The zero-order chi connectivity index (χ0) is 12.4. The summed E-state index contributed by atoms with van der Waals surface area (Å²) in [7, 11) is 0. The Kier molecular flexibility index (Phi) is 3.64. The van der Waals surface area contributed by atoms with Crippen LogP contribution in [0.25, 0.3) is 0 Å². The molecule has 2 saturated heterocycles. The van der Waals surface area contributed by atoms with Gasteiger partial charge >= 0.3 is 0 Å². The maximum absolute atomic E-state index is 9.04. The summed E-state index contributed by atoms with van der Waals surface area (Å²) in [6.45, 7) is 3.56. The summed E-state index contributed by atoms with van der Waals surface area (Å²) < 4.78 is 0. The van der Waals surface area contributed by atoms with Crippen LogP contribution in [0.1, 0.15) is 30.4 Å². The summed E-state index contributed by atoms with van der Waals surface area (Å²) in [6, 6.07) is 9.80. The van der Waals surface area contributed by atoms with Crippen LogP contribution in [-0.4, -0.2) is 35.2 Å². The van der Waals surface area contributed by atoms with E-state index in [0.29, 0.717) is 6.04 Å². The summed E-state index contributed by atoms with van der Waals surface area (Å²) in [6.07, 6.45) is 3.99. The van der Waals surface area contributed by atoms with Crippen molar-refractivity contribution in [2.75, 3.05) is 13.1 Å². The fourth-order valence-corrected chi connectivity index (χ4v) is 3.17. The fraction of sp³-hybridized carbons (Fsp3) is 0.600. The summed E-state index contributed by atoms with van der Waals surface area (Å²) in [5.74, 6) is 0. The molecule has 2 unspecified atom stereocenters. The van der Waals surface area contributed by atoms with Gasteiger partial charge in [0.2, 0.25) is 0 Å². The molecule has 2 fully saturated rings. The third-order valence-electron chi connectivity index (χ3n) is 4.22. The Bertz CT molecular complexity index is 390. The van der Waals surface area contributed by atoms with Crippen LogP contribution in [0.3, 0.4) is 0 Å². The Morgan fingerprint density at radius 2 is 1.78 bits per heavy atom. The zero-order valence-electron chi connectivity index (χ0n) is 10.8. The largest absolute Gasteiger partial charge is 0.392 e. The number of nitrogens with one attached hydrogen (secondary N) is 1. The maximum atomic E-state index is 9.04. The van der Waals surface area contributed by atoms with Gasteiger partial charge in [-0.2, -0.15) is 0 Å². The van der Waals surface area contributed by atoms with Gasteiger partial charge < -0.3 is 10.4 Å². The minimum absolute atomic E-state index is 0.137. The molecule has 2 bridgehead atoms. The van der Waals surface area contributed by atoms with Gasteiger partial charge in [-0.3, -0.25) is 4.90 Å². The predicted molar refractivity (Wildman–Crippen MR) is 72.2 cm³/mol. The van der Waals surface area contributed by atoms with Crippen LogP contribution >= 0.6 is 0 Å². The second-order valence-electron chi connectivity index (χ2n) is 5.64. The van der Waals surface area contributed by atoms with Crippen molar-refractivity contribution in [3.8, 4) is 0 Å². The van der Waals surface area contributed by atoms with Gasteiger partial charge in [-0.1, -0.05) is 24.3 Å². The Balaban J connectivity index is 1.61. The van der Waals surface area contributed by atoms with E-state index in [0.717, 1.165) is 18.2 Å². The number of likely N-dealkylation sites (tertiary alicyclic amines) is 1. The van der Waals surface area contributed by atoms with Crippen LogP contribution in [0.5, 0.6) is 0 Å². The number of hydrogen-bond acceptors (Lipinski definition) is 3. The van der Waals surface area contributed by atoms with E-state index in [1.165, 1.54) is 37.9 Å². The molecule has 0 aliphatic carbocycles. The van der Waals surface area contributed by atoms with Gasteiger partial charge in [0.05, 0.1) is 6.61 Å². The lowest BCUT2D eigenvalue weighted by Crippen LogP contribution is -2.34. The van der Waals surface area contributed by atoms with E-state index in [-0.39, 0.29) is 6.61 Å². The van der Waals surface area contributed by atoms with E-state index in [2.05, 4.69) is 22.3 Å². The lowest BCUT2D eigenvalue weighted by atomic mass is 10.1. The molecule has 3 rings (SSSR count). The Hall–Kier alpha value is -0.900. The molecule has 2 heterocycles. The van der Waals surface area contributed by atoms with Gasteiger partial charge in [-0.25, -0.2) is 0 Å². The average molecular weight is 246 g/mol. The highest BCUT2D eigenvalue weighted by Gasteiger charge is 2.28. The van der Waals surface area contributed by atoms with E-state index in [9.17, 15) is 0 Å². The molecule has 2 atom stereocenters. The quantitative estimate of drug-likeness (QED) is 0.848. The van der Waals surface area contributed by atoms with Gasteiger partial charge in [0, 0.05) is 31.7 Å². The molecule has 0 radical (unpaired) electrons. The molecule has 0 amide bonds. The number of hydrogen-bond donors (Lipinski definition) is 2. The number of aliphatic hydroxyl groups is 1. The first-order valence-electron chi connectivity index (χ1n) is 7.00. The number of nitrogens with zero attached hydrogens (tertiary/aromatic N) is 1. The average Bonchev–Trinajstić information content (AvgIpc) is 2.74. The van der Waals surface area contributed by atoms with Crippen LogP contribution in [-0.2, 0) is 13.2 Å². The standard InChI is InChI=1S/C15H22N2O/c18-11-13-3-1-12(2-4-13)9-17-8-7-14-5-6-15(10-17)16-14/h1-4,14-16,18H,5-11H2. The van der Waals surface area contributed by atoms with E-state index in [1.54, 1.807) is 0 Å². The topological polar surface area (TPSA) is 35.5 Å². The van der Waals surface area contributed by atoms with Crippen molar-refractivity contribution in [2.45, 2.75) is 44.5 Å². The van der Waals surface area contributed by atoms with E-state index < -0.39 is 0 Å². The lowest BCUT2D eigenvalue weighted by molar-refractivity contribution is 0.251. The number of aliphatic hydroxyl groups excluding tert-OH is 1. The highest BCUT2D eigenvalue weighted by molar-refractivity contribution is 5.22. The molecule has 18 heavy (non-hydrogen) atoms. The van der Waals surface area contributed by atoms with Gasteiger partial charge in [0.25, 0.3) is 0 Å². The van der Waals surface area contributed by atoms with Crippen LogP contribution < -0.4 is 5.32 Å². The molecule has 0 spiro atoms. The second-order valence-corrected chi connectivity index (χ2v) is 5.64. The Labute approximate surface area is 109 Å². The van der Waals surface area contributed by atoms with Gasteiger partial charge in [-0.05, 0) is 30.4 Å². The highest BCUT2D eigenvalue weighted by atomic mass is 16.3. The monoisotopic (exact) mass is 246 g/mol. The summed E-state index contributed by atoms with van der Waals surface area (Å²) in [5.41, 5.74) is 2.35. The molecule has 98 valence electrons. The van der Waals surface area contributed by atoms with Crippen molar-refractivity contribution in [1.82, 2.24) is 10.2 Å². The van der Waals surface area contributed by atoms with Crippen molar-refractivity contribution >= 4 is 0 Å². The summed E-state index contributed by atoms with van der Waals surface area (Å²) in [5, 5.41) is 12.8. The normalized spacial score (nSPS) is 28.3. The van der Waals surface area contributed by atoms with Crippen molar-refractivity contribution in [1.29, 1.82) is 0 Å². The molecule has 0 saturated carbocycles. The molecular weight excluding hydrogens is 224 g/mol. The SMILES string of the molecule is OCc1ccc(CN2CCC3CCC(C2)N3)cc1. The first kappa shape index (κ1) is 12.2. The van der Waals surface area contributed by atoms with Gasteiger partial charge in [0.15, 0.2) is 0 Å². The minimum atomic E-state index is 0.137. The van der Waals surface area contributed by atoms with E-state index in [4.69, 9.17) is 5.11 Å². The van der Waals surface area contributed by atoms with Crippen LogP contribution in [0.2, 0.25) is 0 Å². The Morgan fingerprint density at radius 3 is 2.56 bits per heavy atom. The summed E-state index contributed by atoms with van der Waals surface area (Å²) in [4.78, 5) is 2.56. The molecule has 0 aromatic heterocycles. The summed E-state index contributed by atoms with van der Waals surface area (Å²) >= 11 is 0. The first-order chi connectivity index (χ1) is 8.83. The lowest BCUT2D eigenvalue weighted by Gasteiger charge is -2.24. The molecule has 2 N–H and O–H groups in total. The molecule has 3 heteroatoms. The molecule has 2 aliphatic heterocycles. The van der Waals surface area contributed by atoms with Crippen molar-refractivity contribution in [3.05, 3.63) is 35.4 Å². The number of fused-ring (bicyclic) bond motifs is 2. The van der Waals surface area contributed by atoms with E-state index >= 15 is 0 Å². The van der Waals surface area contributed by atoms with Crippen molar-refractivity contribution < 1.29 is 5.11 Å². The minimum Gasteiger partial charge on any atom is -0.392 e. The second kappa shape index (κ2) is 5.39. The molecular formula is C15H22N2O. The molecule has 1 aromatic rings. The number of rotatable bonds is 3. The first-order valence-corrected chi connectivity index (χ1v) is 7.00. The van der Waals surface area contributed by atoms with Crippen molar-refractivity contribution in [2.24, 2.45) is 0 Å². The number of benzene rings is 1. The van der Waals surface area contributed by atoms with E-state index in [1.807, 2.05) is 12.1 Å². The van der Waals surface area contributed by atoms with Crippen molar-refractivity contribution in [3.63, 3.8) is 0 Å². The third kappa shape index (κ3) is 2.74. The van der Waals surface area contributed by atoms with Gasteiger partial charge in [0.1, 0.15) is 0 Å². The fourth-order valence-electron chi connectivity index (χ4n) is 3.17. The smallest absolute Gasteiger partial charge is 0.0681 e. The van der Waals surface area contributed by atoms with Crippen LogP contribution in [0.4, 0.5) is 0 Å². The maximum Gasteiger partial charge on any atom is 0.0681 e. The van der Waals surface area contributed by atoms with Gasteiger partial charge in [-0.15, -0.1) is 0 Å². The molecule has 1 aromatic carbocycles.